The molecule has 1 aliphatic heterocycles. The van der Waals surface area contributed by atoms with Crippen LogP contribution in [-0.2, 0) is 6.42 Å². The van der Waals surface area contributed by atoms with Gasteiger partial charge in [-0.25, -0.2) is 14.4 Å². The van der Waals surface area contributed by atoms with Crippen molar-refractivity contribution < 1.29 is 9.18 Å². The van der Waals surface area contributed by atoms with Crippen molar-refractivity contribution in [2.45, 2.75) is 57.9 Å². The molecule has 4 heterocycles. The zero-order chi connectivity index (χ0) is 24.1. The van der Waals surface area contributed by atoms with Gasteiger partial charge in [-0.2, -0.15) is 0 Å². The highest BCUT2D eigenvalue weighted by Gasteiger charge is 2.28. The summed E-state index contributed by atoms with van der Waals surface area (Å²) in [7, 11) is 0. The highest BCUT2D eigenvalue weighted by atomic mass is 19.1. The van der Waals surface area contributed by atoms with Gasteiger partial charge >= 0.3 is 0 Å². The Bertz CT molecular complexity index is 1440. The van der Waals surface area contributed by atoms with Gasteiger partial charge in [-0.1, -0.05) is 13.0 Å². The van der Waals surface area contributed by atoms with Crippen LogP contribution in [0.5, 0.6) is 0 Å². The number of pyridine rings is 1. The number of fused-ring (bicyclic) bond motifs is 1. The summed E-state index contributed by atoms with van der Waals surface area (Å²) in [6.07, 6.45) is 8.91. The summed E-state index contributed by atoms with van der Waals surface area (Å²) in [5, 5.41) is 11.4. The van der Waals surface area contributed by atoms with Gasteiger partial charge in [0.15, 0.2) is 5.82 Å². The first-order chi connectivity index (χ1) is 17.0. The molecule has 1 fully saturated rings. The molecule has 0 bridgehead atoms. The Hall–Kier alpha value is -3.88. The molecule has 1 unspecified atom stereocenters. The quantitative estimate of drug-likeness (QED) is 0.427. The maximum atomic E-state index is 14.8. The number of aryl methyl sites for hydroxylation is 2. The van der Waals surface area contributed by atoms with E-state index in [0.717, 1.165) is 54.9 Å². The molecule has 0 radical (unpaired) electrons. The minimum atomic E-state index is -0.580. The molecule has 1 saturated carbocycles. The smallest absolute Gasteiger partial charge is 0.259 e. The van der Waals surface area contributed by atoms with E-state index in [1.807, 2.05) is 23.8 Å². The molecule has 1 N–H and O–H groups in total. The molecule has 1 amide bonds. The van der Waals surface area contributed by atoms with Gasteiger partial charge in [0.25, 0.3) is 5.91 Å². The fraction of sp³-hybridized carbons (Fsp3) is 0.346. The Kier molecular flexibility index (Phi) is 5.20. The Morgan fingerprint density at radius 3 is 2.86 bits per heavy atom. The number of hydrogen-bond donors (Lipinski definition) is 1. The topological polar surface area (TPSA) is 90.5 Å². The maximum Gasteiger partial charge on any atom is 0.259 e. The number of benzene rings is 1. The van der Waals surface area contributed by atoms with Gasteiger partial charge in [0, 0.05) is 24.6 Å². The second-order valence-corrected chi connectivity index (χ2v) is 9.37. The van der Waals surface area contributed by atoms with Crippen molar-refractivity contribution in [3.63, 3.8) is 0 Å². The first-order valence-corrected chi connectivity index (χ1v) is 12.1. The molecule has 35 heavy (non-hydrogen) atoms. The summed E-state index contributed by atoms with van der Waals surface area (Å²) in [5.41, 5.74) is 3.06. The molecule has 6 rings (SSSR count). The lowest BCUT2D eigenvalue weighted by Crippen LogP contribution is -2.16. The van der Waals surface area contributed by atoms with Crippen LogP contribution in [0.1, 0.15) is 72.0 Å². The van der Waals surface area contributed by atoms with Crippen LogP contribution < -0.4 is 5.32 Å². The van der Waals surface area contributed by atoms with Gasteiger partial charge in [-0.05, 0) is 62.4 Å². The summed E-state index contributed by atoms with van der Waals surface area (Å²) >= 11 is 0. The molecular weight excluding hydrogens is 445 g/mol. The van der Waals surface area contributed by atoms with E-state index in [9.17, 15) is 9.18 Å². The van der Waals surface area contributed by atoms with Crippen LogP contribution in [0.4, 0.5) is 10.2 Å². The van der Waals surface area contributed by atoms with Gasteiger partial charge < -0.3 is 14.5 Å². The van der Waals surface area contributed by atoms with E-state index in [2.05, 4.69) is 37.0 Å². The van der Waals surface area contributed by atoms with Crippen LogP contribution in [-0.4, -0.2) is 35.2 Å². The molecule has 0 spiro atoms. The zero-order valence-electron chi connectivity index (χ0n) is 19.7. The Morgan fingerprint density at radius 1 is 1.20 bits per heavy atom. The normalized spacial score (nSPS) is 16.9. The molecule has 3 aromatic heterocycles. The van der Waals surface area contributed by atoms with Gasteiger partial charge in [-0.3, -0.25) is 4.79 Å². The number of nitrogens with zero attached hydrogens (tertiary/aromatic N) is 6. The second kappa shape index (κ2) is 8.41. The predicted octanol–water partition coefficient (Wildman–Crippen LogP) is 5.00. The molecule has 8 nitrogen and oxygen atoms in total. The molecule has 2 aliphatic rings. The first-order valence-electron chi connectivity index (χ1n) is 12.1. The van der Waals surface area contributed by atoms with Gasteiger partial charge in [0.1, 0.15) is 23.2 Å². The molecular formula is C26H26FN7O. The highest BCUT2D eigenvalue weighted by molar-refractivity contribution is 6.04. The van der Waals surface area contributed by atoms with Gasteiger partial charge in [-0.15, -0.1) is 10.2 Å². The van der Waals surface area contributed by atoms with Crippen LogP contribution in [0.2, 0.25) is 0 Å². The lowest BCUT2D eigenvalue weighted by Gasteiger charge is -2.13. The number of imidazole rings is 1. The number of amides is 1. The molecule has 1 aromatic carbocycles. The Morgan fingerprint density at radius 2 is 2.06 bits per heavy atom. The van der Waals surface area contributed by atoms with Crippen LogP contribution in [0.25, 0.3) is 17.2 Å². The minimum absolute atomic E-state index is 0.0473. The predicted molar refractivity (Wildman–Crippen MR) is 129 cm³/mol. The fourth-order valence-electron chi connectivity index (χ4n) is 4.85. The maximum absolute atomic E-state index is 14.8. The molecule has 178 valence electrons. The standard InChI is InChI=1S/C26H26FN7O/c1-3-17-9-10-24-31-32-25(34(17)24)20-5-4-6-23(29-20)30-26(35)18-12-22(15(2)11-19(18)27)33-13-21(28-14-33)16-7-8-16/h4-6,11-14,16-17H,3,7-10H2,1-2H3,(H,29,30,35). The van der Waals surface area contributed by atoms with E-state index >= 15 is 0 Å². The van der Waals surface area contributed by atoms with Crippen molar-refractivity contribution in [3.05, 3.63) is 71.3 Å². The van der Waals surface area contributed by atoms with Crippen molar-refractivity contribution in [2.75, 3.05) is 5.32 Å². The molecule has 4 aromatic rings. The van der Waals surface area contributed by atoms with Crippen molar-refractivity contribution in [3.8, 4) is 17.2 Å². The number of hydrogen-bond acceptors (Lipinski definition) is 5. The number of rotatable bonds is 6. The van der Waals surface area contributed by atoms with E-state index in [1.54, 1.807) is 24.5 Å². The number of carbonyl (C=O) groups excluding carboxylic acids is 1. The monoisotopic (exact) mass is 471 g/mol. The van der Waals surface area contributed by atoms with Gasteiger partial charge in [0.05, 0.1) is 23.3 Å². The summed E-state index contributed by atoms with van der Waals surface area (Å²) in [5.74, 6) is 1.35. The number of aromatic nitrogens is 6. The largest absolute Gasteiger partial charge is 0.307 e. The summed E-state index contributed by atoms with van der Waals surface area (Å²) in [4.78, 5) is 22.2. The second-order valence-electron chi connectivity index (χ2n) is 9.37. The van der Waals surface area contributed by atoms with E-state index < -0.39 is 11.7 Å². The van der Waals surface area contributed by atoms with Crippen LogP contribution in [0.15, 0.2) is 42.9 Å². The third-order valence-corrected chi connectivity index (χ3v) is 6.93. The third-order valence-electron chi connectivity index (χ3n) is 6.93. The number of carbonyl (C=O) groups is 1. The lowest BCUT2D eigenvalue weighted by atomic mass is 10.1. The van der Waals surface area contributed by atoms with Crippen molar-refractivity contribution in [1.82, 2.24) is 29.3 Å². The summed E-state index contributed by atoms with van der Waals surface area (Å²) in [6, 6.07) is 8.63. The van der Waals surface area contributed by atoms with Crippen molar-refractivity contribution >= 4 is 11.7 Å². The van der Waals surface area contributed by atoms with E-state index in [4.69, 9.17) is 0 Å². The van der Waals surface area contributed by atoms with Crippen molar-refractivity contribution in [2.24, 2.45) is 0 Å². The zero-order valence-corrected chi connectivity index (χ0v) is 19.7. The van der Waals surface area contributed by atoms with E-state index in [0.29, 0.717) is 29.3 Å². The van der Waals surface area contributed by atoms with E-state index in [1.165, 1.54) is 6.07 Å². The SMILES string of the molecule is CCC1CCc2nnc(-c3cccc(NC(=O)c4cc(-n5cnc(C6CC6)c5)c(C)cc4F)n3)n21. The first kappa shape index (κ1) is 21.6. The molecule has 0 saturated heterocycles. The lowest BCUT2D eigenvalue weighted by molar-refractivity contribution is 0.102. The Labute approximate surface area is 202 Å². The van der Waals surface area contributed by atoms with E-state index in [-0.39, 0.29) is 5.56 Å². The van der Waals surface area contributed by atoms with Crippen LogP contribution in [0, 0.1) is 12.7 Å². The number of nitrogens with one attached hydrogen (secondary N) is 1. The minimum Gasteiger partial charge on any atom is -0.307 e. The highest BCUT2D eigenvalue weighted by Crippen LogP contribution is 2.39. The molecule has 9 heteroatoms. The number of anilines is 1. The summed E-state index contributed by atoms with van der Waals surface area (Å²) < 4.78 is 18.8. The number of halogens is 1. The van der Waals surface area contributed by atoms with Gasteiger partial charge in [0.2, 0.25) is 0 Å². The average molecular weight is 472 g/mol. The Balaban J connectivity index is 1.28. The average Bonchev–Trinajstić information content (AvgIpc) is 3.25. The molecule has 1 aliphatic carbocycles. The van der Waals surface area contributed by atoms with Crippen LogP contribution in [0.3, 0.4) is 0 Å². The molecule has 1 atom stereocenters. The third kappa shape index (κ3) is 3.90. The van der Waals surface area contributed by atoms with Crippen molar-refractivity contribution in [1.29, 1.82) is 0 Å². The van der Waals surface area contributed by atoms with Crippen LogP contribution >= 0.6 is 0 Å². The fourth-order valence-corrected chi connectivity index (χ4v) is 4.85. The summed E-state index contributed by atoms with van der Waals surface area (Å²) in [6.45, 7) is 3.97.